The number of hydrogen-bond donors (Lipinski definition) is 1. The molecule has 3 aromatic rings. The van der Waals surface area contributed by atoms with Gasteiger partial charge in [-0.25, -0.2) is 0 Å². The molecule has 5 rings (SSSR count). The Morgan fingerprint density at radius 3 is 2.00 bits per heavy atom. The molecule has 3 aromatic carbocycles. The third-order valence-electron chi connectivity index (χ3n) is 6.10. The average molecular weight is 393 g/mol. The molecule has 144 valence electrons. The Morgan fingerprint density at radius 2 is 1.39 bits per heavy atom. The number of hydrogen-bond acceptors (Lipinski definition) is 2. The molecule has 1 saturated carbocycles. The Hall–Kier alpha value is -2.38. The Balaban J connectivity index is 1.62. The van der Waals surface area contributed by atoms with Gasteiger partial charge in [0.1, 0.15) is 0 Å². The summed E-state index contributed by atoms with van der Waals surface area (Å²) < 4.78 is 23.6. The normalized spacial score (nSPS) is 21.5. The van der Waals surface area contributed by atoms with Crippen molar-refractivity contribution in [1.82, 2.24) is 0 Å². The molecular formula is C24H25FNOP. The molecular weight excluding hydrogens is 368 g/mol. The number of benzene rings is 3. The Morgan fingerprint density at radius 1 is 0.786 bits per heavy atom. The summed E-state index contributed by atoms with van der Waals surface area (Å²) in [5.41, 5.74) is 2.07. The van der Waals surface area contributed by atoms with Crippen LogP contribution in [-0.2, 0) is 0 Å². The predicted molar refractivity (Wildman–Crippen MR) is 117 cm³/mol. The van der Waals surface area contributed by atoms with Crippen LogP contribution in [0.3, 0.4) is 0 Å². The monoisotopic (exact) mass is 393 g/mol. The van der Waals surface area contributed by atoms with Crippen LogP contribution in [0.15, 0.2) is 78.9 Å². The van der Waals surface area contributed by atoms with Crippen molar-refractivity contribution in [2.75, 3.05) is 5.09 Å². The van der Waals surface area contributed by atoms with Crippen molar-refractivity contribution in [3.8, 4) is 5.75 Å². The SMILES string of the molecule is FP1(c2ccccc2)(c2ccccc2)Nc2cc(C3CCCCC3)ccc2O1. The van der Waals surface area contributed by atoms with Crippen LogP contribution in [0.4, 0.5) is 9.88 Å². The second-order valence-electron chi connectivity index (χ2n) is 7.90. The summed E-state index contributed by atoms with van der Waals surface area (Å²) >= 11 is 0. The van der Waals surface area contributed by atoms with Gasteiger partial charge in [-0.05, 0) is 0 Å². The molecule has 1 N–H and O–H groups in total. The van der Waals surface area contributed by atoms with Crippen LogP contribution in [0, 0.1) is 0 Å². The fraction of sp³-hybridized carbons (Fsp3) is 0.250. The number of anilines is 1. The molecule has 1 aliphatic carbocycles. The number of rotatable bonds is 3. The predicted octanol–water partition coefficient (Wildman–Crippen LogP) is 6.46. The second kappa shape index (κ2) is 6.60. The summed E-state index contributed by atoms with van der Waals surface area (Å²) in [4.78, 5) is 0. The summed E-state index contributed by atoms with van der Waals surface area (Å²) in [6, 6.07) is 24.8. The standard InChI is InChI=1S/C24H25FNOP/c25-28(21-12-6-2-7-13-21,22-14-8-3-9-15-22)26-23-18-20(16-17-24(23)27-28)19-10-4-1-5-11-19/h2-3,6-9,12-19,26H,1,4-5,10-11H2. The maximum absolute atomic E-state index is 17.3. The van der Waals surface area contributed by atoms with Gasteiger partial charge >= 0.3 is 166 Å². The fourth-order valence-corrected chi connectivity index (χ4v) is 7.96. The zero-order valence-corrected chi connectivity index (χ0v) is 16.7. The van der Waals surface area contributed by atoms with Gasteiger partial charge in [0.15, 0.2) is 0 Å². The molecule has 0 radical (unpaired) electrons. The van der Waals surface area contributed by atoms with E-state index in [-0.39, 0.29) is 0 Å². The summed E-state index contributed by atoms with van der Waals surface area (Å²) in [6.45, 7) is 0. The number of nitrogens with one attached hydrogen (secondary N) is 1. The zero-order chi connectivity index (χ0) is 19.1. The minimum atomic E-state index is -4.52. The average Bonchev–Trinajstić information content (AvgIpc) is 3.10. The van der Waals surface area contributed by atoms with E-state index in [0.717, 1.165) is 5.69 Å². The molecule has 0 unspecified atom stereocenters. The van der Waals surface area contributed by atoms with E-state index >= 15 is 4.20 Å². The van der Waals surface area contributed by atoms with Crippen molar-refractivity contribution in [2.24, 2.45) is 0 Å². The molecule has 0 atom stereocenters. The van der Waals surface area contributed by atoms with Crippen LogP contribution in [0.25, 0.3) is 0 Å². The molecule has 1 aliphatic heterocycles. The molecule has 0 amide bonds. The van der Waals surface area contributed by atoms with E-state index in [9.17, 15) is 0 Å². The third kappa shape index (κ3) is 2.72. The van der Waals surface area contributed by atoms with Crippen molar-refractivity contribution in [1.29, 1.82) is 0 Å². The topological polar surface area (TPSA) is 21.3 Å². The molecule has 2 nitrogen and oxygen atoms in total. The first-order valence-corrected chi connectivity index (χ1v) is 12.2. The molecule has 1 heterocycles. The molecule has 0 spiro atoms. The van der Waals surface area contributed by atoms with Gasteiger partial charge in [-0.1, -0.05) is 0 Å². The first kappa shape index (κ1) is 17.7. The molecule has 0 aromatic heterocycles. The number of fused-ring (bicyclic) bond motifs is 1. The van der Waals surface area contributed by atoms with Gasteiger partial charge in [0.05, 0.1) is 0 Å². The quantitative estimate of drug-likeness (QED) is 0.516. The minimum absolute atomic E-state index is 0.565. The van der Waals surface area contributed by atoms with E-state index in [0.29, 0.717) is 22.3 Å². The molecule has 2 aliphatic rings. The molecule has 1 fully saturated rings. The molecule has 0 bridgehead atoms. The van der Waals surface area contributed by atoms with E-state index in [1.807, 2.05) is 66.7 Å². The van der Waals surface area contributed by atoms with Crippen LogP contribution in [0.2, 0.25) is 0 Å². The van der Waals surface area contributed by atoms with Crippen molar-refractivity contribution >= 4 is 23.6 Å². The van der Waals surface area contributed by atoms with E-state index in [1.165, 1.54) is 37.7 Å². The number of halogens is 1. The van der Waals surface area contributed by atoms with Crippen LogP contribution in [-0.4, -0.2) is 0 Å². The van der Waals surface area contributed by atoms with Crippen LogP contribution < -0.4 is 20.2 Å². The summed E-state index contributed by atoms with van der Waals surface area (Å²) in [7, 11) is -4.52. The van der Waals surface area contributed by atoms with E-state index in [2.05, 4.69) is 17.2 Å². The van der Waals surface area contributed by atoms with Crippen LogP contribution in [0.5, 0.6) is 5.75 Å². The van der Waals surface area contributed by atoms with Crippen molar-refractivity contribution in [3.63, 3.8) is 0 Å². The third-order valence-corrected chi connectivity index (χ3v) is 9.73. The van der Waals surface area contributed by atoms with Crippen molar-refractivity contribution < 1.29 is 8.72 Å². The fourth-order valence-electron chi connectivity index (χ4n) is 4.60. The van der Waals surface area contributed by atoms with Gasteiger partial charge in [-0.15, -0.1) is 0 Å². The Kier molecular flexibility index (Phi) is 4.17. The maximum atomic E-state index is 17.3. The summed E-state index contributed by atoms with van der Waals surface area (Å²) in [6.07, 6.45) is 6.32. The first-order valence-electron chi connectivity index (χ1n) is 10.1. The Labute approximate surface area is 165 Å². The van der Waals surface area contributed by atoms with E-state index < -0.39 is 7.29 Å². The van der Waals surface area contributed by atoms with Gasteiger partial charge in [-0.2, -0.15) is 0 Å². The van der Waals surface area contributed by atoms with Crippen molar-refractivity contribution in [3.05, 3.63) is 84.4 Å². The van der Waals surface area contributed by atoms with Gasteiger partial charge in [-0.3, -0.25) is 0 Å². The van der Waals surface area contributed by atoms with Crippen LogP contribution >= 0.6 is 7.29 Å². The van der Waals surface area contributed by atoms with Gasteiger partial charge < -0.3 is 0 Å². The van der Waals surface area contributed by atoms with Gasteiger partial charge in [0, 0.05) is 0 Å². The van der Waals surface area contributed by atoms with E-state index in [1.54, 1.807) is 0 Å². The van der Waals surface area contributed by atoms with Crippen LogP contribution in [0.1, 0.15) is 43.6 Å². The van der Waals surface area contributed by atoms with Crippen molar-refractivity contribution in [2.45, 2.75) is 38.0 Å². The van der Waals surface area contributed by atoms with Gasteiger partial charge in [0.25, 0.3) is 0 Å². The molecule has 28 heavy (non-hydrogen) atoms. The summed E-state index contributed by atoms with van der Waals surface area (Å²) in [5.74, 6) is 1.17. The molecule has 0 saturated heterocycles. The van der Waals surface area contributed by atoms with Gasteiger partial charge in [0.2, 0.25) is 0 Å². The molecule has 4 heteroatoms. The zero-order valence-electron chi connectivity index (χ0n) is 15.9. The second-order valence-corrected chi connectivity index (χ2v) is 11.2. The summed E-state index contributed by atoms with van der Waals surface area (Å²) in [5, 5.41) is 4.41. The Bertz CT molecular complexity index is 947. The first-order chi connectivity index (χ1) is 13.7. The van der Waals surface area contributed by atoms with E-state index in [4.69, 9.17) is 4.52 Å².